The average molecular weight is 278 g/mol. The third kappa shape index (κ3) is 6.89. The highest BCUT2D eigenvalue weighted by atomic mass is 16.4. The Morgan fingerprint density at radius 2 is 1.85 bits per heavy atom. The van der Waals surface area contributed by atoms with Gasteiger partial charge in [0.2, 0.25) is 5.91 Å². The van der Waals surface area contributed by atoms with Crippen LogP contribution >= 0.6 is 0 Å². The first kappa shape index (κ1) is 16.2. The van der Waals surface area contributed by atoms with Crippen LogP contribution in [-0.2, 0) is 16.0 Å². The van der Waals surface area contributed by atoms with E-state index in [4.69, 9.17) is 10.8 Å². The molecule has 0 fully saturated rings. The highest BCUT2D eigenvalue weighted by Gasteiger charge is 2.12. The molecule has 0 saturated carbocycles. The molecule has 1 unspecified atom stereocenters. The highest BCUT2D eigenvalue weighted by Crippen LogP contribution is 2.02. The molecule has 1 aromatic rings. The number of nitrogens with two attached hydrogens (primary N) is 1. The van der Waals surface area contributed by atoms with E-state index in [1.807, 2.05) is 30.3 Å². The van der Waals surface area contributed by atoms with E-state index in [1.165, 1.54) is 0 Å². The van der Waals surface area contributed by atoms with Crippen molar-refractivity contribution in [1.29, 1.82) is 0 Å². The van der Waals surface area contributed by atoms with Gasteiger partial charge < -0.3 is 16.2 Å². The summed E-state index contributed by atoms with van der Waals surface area (Å²) in [6, 6.07) is 9.10. The summed E-state index contributed by atoms with van der Waals surface area (Å²) < 4.78 is 0. The molecule has 5 nitrogen and oxygen atoms in total. The molecule has 0 aliphatic heterocycles. The van der Waals surface area contributed by atoms with Crippen LogP contribution in [0.4, 0.5) is 0 Å². The Kier molecular flexibility index (Phi) is 7.35. The van der Waals surface area contributed by atoms with E-state index in [9.17, 15) is 9.59 Å². The van der Waals surface area contributed by atoms with Gasteiger partial charge in [0.15, 0.2) is 0 Å². The Labute approximate surface area is 119 Å². The summed E-state index contributed by atoms with van der Waals surface area (Å²) in [5, 5.41) is 11.3. The van der Waals surface area contributed by atoms with Crippen molar-refractivity contribution in [3.8, 4) is 0 Å². The summed E-state index contributed by atoms with van der Waals surface area (Å²) in [5.74, 6) is -0.939. The minimum absolute atomic E-state index is 0.160. The van der Waals surface area contributed by atoms with Crippen LogP contribution in [0.15, 0.2) is 30.3 Å². The van der Waals surface area contributed by atoms with Crippen LogP contribution in [0.25, 0.3) is 0 Å². The van der Waals surface area contributed by atoms with E-state index in [0.29, 0.717) is 19.4 Å². The number of amides is 1. The van der Waals surface area contributed by atoms with Crippen molar-refractivity contribution in [2.75, 3.05) is 6.54 Å². The fourth-order valence-corrected chi connectivity index (χ4v) is 1.88. The molecule has 1 atom stereocenters. The molecule has 0 bridgehead atoms. The van der Waals surface area contributed by atoms with Gasteiger partial charge in [-0.1, -0.05) is 36.8 Å². The maximum absolute atomic E-state index is 11.8. The topological polar surface area (TPSA) is 92.4 Å². The van der Waals surface area contributed by atoms with Gasteiger partial charge in [0.25, 0.3) is 0 Å². The zero-order valence-electron chi connectivity index (χ0n) is 11.5. The lowest BCUT2D eigenvalue weighted by Gasteiger charge is -2.12. The number of carbonyl (C=O) groups excluding carboxylic acids is 1. The van der Waals surface area contributed by atoms with Crippen molar-refractivity contribution in [2.24, 2.45) is 5.73 Å². The van der Waals surface area contributed by atoms with Gasteiger partial charge in [0, 0.05) is 13.0 Å². The predicted molar refractivity (Wildman–Crippen MR) is 77.2 cm³/mol. The van der Waals surface area contributed by atoms with Crippen molar-refractivity contribution >= 4 is 11.9 Å². The zero-order valence-corrected chi connectivity index (χ0v) is 11.5. The highest BCUT2D eigenvalue weighted by molar-refractivity contribution is 5.81. The minimum Gasteiger partial charge on any atom is -0.481 e. The number of carboxylic acids is 1. The van der Waals surface area contributed by atoms with Gasteiger partial charge in [-0.05, 0) is 24.8 Å². The second-order valence-corrected chi connectivity index (χ2v) is 4.79. The number of aliphatic carboxylic acids is 1. The Morgan fingerprint density at radius 3 is 2.50 bits per heavy atom. The first-order valence-corrected chi connectivity index (χ1v) is 6.88. The monoisotopic (exact) mass is 278 g/mol. The lowest BCUT2D eigenvalue weighted by atomic mass is 10.1. The van der Waals surface area contributed by atoms with E-state index in [2.05, 4.69) is 5.32 Å². The number of nitrogens with one attached hydrogen (secondary N) is 1. The maximum Gasteiger partial charge on any atom is 0.303 e. The molecule has 4 N–H and O–H groups in total. The molecule has 0 aliphatic rings. The molecule has 0 aromatic heterocycles. The second kappa shape index (κ2) is 9.09. The van der Waals surface area contributed by atoms with E-state index in [-0.39, 0.29) is 12.3 Å². The minimum atomic E-state index is -0.779. The molecule has 0 aliphatic carbocycles. The van der Waals surface area contributed by atoms with Crippen molar-refractivity contribution < 1.29 is 14.7 Å². The molecule has 5 heteroatoms. The molecular weight excluding hydrogens is 256 g/mol. The Morgan fingerprint density at radius 1 is 1.15 bits per heavy atom. The molecule has 1 aromatic carbocycles. The molecule has 0 saturated heterocycles. The summed E-state index contributed by atoms with van der Waals surface area (Å²) in [7, 11) is 0. The lowest BCUT2D eigenvalue weighted by Crippen LogP contribution is -2.42. The summed E-state index contributed by atoms with van der Waals surface area (Å²) in [6.07, 6.45) is 2.91. The molecule has 20 heavy (non-hydrogen) atoms. The van der Waals surface area contributed by atoms with Gasteiger partial charge in [-0.25, -0.2) is 0 Å². The summed E-state index contributed by atoms with van der Waals surface area (Å²) in [6.45, 7) is 0.543. The van der Waals surface area contributed by atoms with E-state index < -0.39 is 12.0 Å². The number of hydrogen-bond donors (Lipinski definition) is 3. The van der Waals surface area contributed by atoms with Crippen molar-refractivity contribution in [1.82, 2.24) is 5.32 Å². The van der Waals surface area contributed by atoms with Crippen LogP contribution in [0.2, 0.25) is 0 Å². The second-order valence-electron chi connectivity index (χ2n) is 4.79. The first-order chi connectivity index (χ1) is 9.59. The van der Waals surface area contributed by atoms with Crippen molar-refractivity contribution in [2.45, 2.75) is 38.1 Å². The summed E-state index contributed by atoms with van der Waals surface area (Å²) >= 11 is 0. The number of benzene rings is 1. The van der Waals surface area contributed by atoms with Gasteiger partial charge in [-0.15, -0.1) is 0 Å². The van der Waals surface area contributed by atoms with Crippen LogP contribution in [0.5, 0.6) is 0 Å². The number of hydrogen-bond acceptors (Lipinski definition) is 3. The van der Waals surface area contributed by atoms with Crippen LogP contribution in [-0.4, -0.2) is 29.6 Å². The van der Waals surface area contributed by atoms with Crippen LogP contribution < -0.4 is 11.1 Å². The summed E-state index contributed by atoms with van der Waals surface area (Å²) in [5.41, 5.74) is 6.88. The lowest BCUT2D eigenvalue weighted by molar-refractivity contribution is -0.137. The molecular formula is C15H22N2O3. The first-order valence-electron chi connectivity index (χ1n) is 6.88. The van der Waals surface area contributed by atoms with Crippen LogP contribution in [0.3, 0.4) is 0 Å². The van der Waals surface area contributed by atoms with Gasteiger partial charge in [-0.2, -0.15) is 0 Å². The van der Waals surface area contributed by atoms with Gasteiger partial charge in [-0.3, -0.25) is 9.59 Å². The van der Waals surface area contributed by atoms with Crippen molar-refractivity contribution in [3.05, 3.63) is 35.9 Å². The van der Waals surface area contributed by atoms with Crippen LogP contribution in [0, 0.1) is 0 Å². The average Bonchev–Trinajstić information content (AvgIpc) is 2.43. The number of unbranched alkanes of at least 4 members (excludes halogenated alkanes) is 2. The molecule has 0 radical (unpaired) electrons. The predicted octanol–water partition coefficient (Wildman–Crippen LogP) is 1.32. The largest absolute Gasteiger partial charge is 0.481 e. The van der Waals surface area contributed by atoms with E-state index in [0.717, 1.165) is 18.4 Å². The third-order valence-electron chi connectivity index (χ3n) is 3.00. The fourth-order valence-electron chi connectivity index (χ4n) is 1.88. The van der Waals surface area contributed by atoms with Gasteiger partial charge in [0.05, 0.1) is 6.04 Å². The third-order valence-corrected chi connectivity index (χ3v) is 3.00. The summed E-state index contributed by atoms with van der Waals surface area (Å²) in [4.78, 5) is 22.1. The maximum atomic E-state index is 11.8. The van der Waals surface area contributed by atoms with E-state index in [1.54, 1.807) is 0 Å². The Balaban J connectivity index is 2.14. The number of rotatable bonds is 9. The van der Waals surface area contributed by atoms with Gasteiger partial charge in [0.1, 0.15) is 0 Å². The molecule has 0 heterocycles. The quantitative estimate of drug-likeness (QED) is 0.594. The molecule has 0 spiro atoms. The molecule has 110 valence electrons. The number of carbonyl (C=O) groups is 2. The smallest absolute Gasteiger partial charge is 0.303 e. The molecule has 1 rings (SSSR count). The zero-order chi connectivity index (χ0) is 14.8. The Bertz CT molecular complexity index is 420. The normalized spacial score (nSPS) is 11.8. The standard InChI is InChI=1S/C15H22N2O3/c16-13(11-12-7-3-1-4-8-12)15(20)17-10-6-2-5-9-14(18)19/h1,3-4,7-8,13H,2,5-6,9-11,16H2,(H,17,20)(H,18,19). The SMILES string of the molecule is NC(Cc1ccccc1)C(=O)NCCCCCC(=O)O. The number of carboxylic acid groups (broad SMARTS) is 1. The Hall–Kier alpha value is -1.88. The fraction of sp³-hybridized carbons (Fsp3) is 0.467. The van der Waals surface area contributed by atoms with E-state index >= 15 is 0 Å². The molecule has 1 amide bonds. The van der Waals surface area contributed by atoms with Gasteiger partial charge >= 0.3 is 5.97 Å². The van der Waals surface area contributed by atoms with Crippen molar-refractivity contribution in [3.63, 3.8) is 0 Å². The van der Waals surface area contributed by atoms with Crippen LogP contribution in [0.1, 0.15) is 31.2 Å².